The zero-order valence-electron chi connectivity index (χ0n) is 9.81. The Labute approximate surface area is 109 Å². The van der Waals surface area contributed by atoms with Gasteiger partial charge in [-0.2, -0.15) is 26.3 Å². The van der Waals surface area contributed by atoms with E-state index < -0.39 is 30.0 Å². The number of aromatic nitrogens is 1. The second-order valence-corrected chi connectivity index (χ2v) is 4.23. The normalized spacial score (nSPS) is 12.9. The highest BCUT2D eigenvalue weighted by atomic mass is 19.4. The zero-order valence-corrected chi connectivity index (χ0v) is 9.81. The Hall–Kier alpha value is -1.99. The van der Waals surface area contributed by atoms with Crippen LogP contribution in [0.1, 0.15) is 11.3 Å². The van der Waals surface area contributed by atoms with E-state index in [4.69, 9.17) is 5.73 Å². The molecular weight excluding hydrogens is 286 g/mol. The van der Waals surface area contributed by atoms with Gasteiger partial charge in [0.2, 0.25) is 0 Å². The molecule has 0 aliphatic carbocycles. The molecule has 0 spiro atoms. The van der Waals surface area contributed by atoms with E-state index in [1.54, 1.807) is 0 Å². The molecule has 1 aromatic heterocycles. The highest BCUT2D eigenvalue weighted by molar-refractivity contribution is 5.85. The first kappa shape index (κ1) is 14.4. The van der Waals surface area contributed by atoms with Gasteiger partial charge in [-0.3, -0.25) is 4.98 Å². The molecule has 0 fully saturated rings. The molecule has 0 aliphatic rings. The van der Waals surface area contributed by atoms with Crippen LogP contribution in [0.15, 0.2) is 24.3 Å². The molecule has 0 bridgehead atoms. The van der Waals surface area contributed by atoms with Crippen LogP contribution in [-0.4, -0.2) is 11.2 Å². The summed E-state index contributed by atoms with van der Waals surface area (Å²) in [6, 6.07) is 3.91. The predicted molar refractivity (Wildman–Crippen MR) is 60.9 cm³/mol. The minimum absolute atomic E-state index is 0.0772. The smallest absolute Gasteiger partial charge is 0.399 e. The first-order valence-electron chi connectivity index (χ1n) is 5.39. The van der Waals surface area contributed by atoms with E-state index >= 15 is 0 Å². The molecule has 0 saturated carbocycles. The van der Waals surface area contributed by atoms with Gasteiger partial charge >= 0.3 is 12.4 Å². The lowest BCUT2D eigenvalue weighted by Crippen LogP contribution is -2.15. The van der Waals surface area contributed by atoms with Crippen molar-refractivity contribution in [2.24, 2.45) is 0 Å². The fourth-order valence-corrected chi connectivity index (χ4v) is 1.83. The lowest BCUT2D eigenvalue weighted by atomic mass is 10.1. The van der Waals surface area contributed by atoms with Crippen molar-refractivity contribution in [1.29, 1.82) is 0 Å². The van der Waals surface area contributed by atoms with Crippen molar-refractivity contribution in [1.82, 2.24) is 4.98 Å². The van der Waals surface area contributed by atoms with Crippen molar-refractivity contribution in [3.8, 4) is 0 Å². The Morgan fingerprint density at radius 1 is 1.00 bits per heavy atom. The Balaban J connectivity index is 2.68. The first-order valence-corrected chi connectivity index (χ1v) is 5.39. The van der Waals surface area contributed by atoms with Gasteiger partial charge in [0.1, 0.15) is 0 Å². The maximum atomic E-state index is 12.9. The number of rotatable bonds is 1. The molecule has 2 N–H and O–H groups in total. The summed E-state index contributed by atoms with van der Waals surface area (Å²) in [4.78, 5) is 3.60. The van der Waals surface area contributed by atoms with Crippen molar-refractivity contribution in [2.75, 3.05) is 5.73 Å². The number of alkyl halides is 6. The molecule has 0 aliphatic heterocycles. The van der Waals surface area contributed by atoms with Gasteiger partial charge in [0, 0.05) is 11.1 Å². The number of fused-ring (bicyclic) bond motifs is 1. The van der Waals surface area contributed by atoms with Gasteiger partial charge in [0.15, 0.2) is 0 Å². The van der Waals surface area contributed by atoms with Crippen molar-refractivity contribution in [2.45, 2.75) is 18.8 Å². The molecule has 0 saturated heterocycles. The van der Waals surface area contributed by atoms with Crippen LogP contribution in [0.5, 0.6) is 0 Å². The fourth-order valence-electron chi connectivity index (χ4n) is 1.83. The van der Waals surface area contributed by atoms with Gasteiger partial charge in [-0.25, -0.2) is 0 Å². The van der Waals surface area contributed by atoms with Crippen molar-refractivity contribution < 1.29 is 26.3 Å². The summed E-state index contributed by atoms with van der Waals surface area (Å²) in [6.07, 6.45) is -10.9. The summed E-state index contributed by atoms with van der Waals surface area (Å²) in [5.41, 5.74) is 3.45. The van der Waals surface area contributed by atoms with E-state index in [0.717, 1.165) is 6.07 Å². The van der Waals surface area contributed by atoms with Crippen molar-refractivity contribution in [3.63, 3.8) is 0 Å². The lowest BCUT2D eigenvalue weighted by Gasteiger charge is -2.13. The van der Waals surface area contributed by atoms with Crippen LogP contribution in [0.3, 0.4) is 0 Å². The number of hydrogen-bond acceptors (Lipinski definition) is 2. The van der Waals surface area contributed by atoms with Crippen LogP contribution in [0.25, 0.3) is 10.9 Å². The van der Waals surface area contributed by atoms with E-state index in [2.05, 4.69) is 4.98 Å². The fraction of sp³-hybridized carbons (Fsp3) is 0.250. The molecule has 2 aromatic rings. The minimum Gasteiger partial charge on any atom is -0.399 e. The minimum atomic E-state index is -4.78. The van der Waals surface area contributed by atoms with Crippen molar-refractivity contribution in [3.05, 3.63) is 35.5 Å². The zero-order chi connectivity index (χ0) is 15.1. The van der Waals surface area contributed by atoms with Crippen LogP contribution in [0.4, 0.5) is 32.0 Å². The number of pyridine rings is 1. The molecule has 1 aromatic carbocycles. The maximum Gasteiger partial charge on any atom is 0.417 e. The van der Waals surface area contributed by atoms with Crippen LogP contribution in [0.2, 0.25) is 0 Å². The highest BCUT2D eigenvalue weighted by Crippen LogP contribution is 2.36. The highest BCUT2D eigenvalue weighted by Gasteiger charge is 2.35. The Morgan fingerprint density at radius 2 is 1.65 bits per heavy atom. The van der Waals surface area contributed by atoms with Crippen LogP contribution in [-0.2, 0) is 12.6 Å². The third kappa shape index (κ3) is 3.12. The summed E-state index contributed by atoms with van der Waals surface area (Å²) in [7, 11) is 0. The quantitative estimate of drug-likeness (QED) is 0.639. The number of nitrogens with two attached hydrogens (primary N) is 1. The average Bonchev–Trinajstić information content (AvgIpc) is 2.25. The molecule has 2 nitrogen and oxygen atoms in total. The number of benzene rings is 1. The molecule has 1 heterocycles. The largest absolute Gasteiger partial charge is 0.417 e. The maximum absolute atomic E-state index is 12.9. The Bertz CT molecular complexity index is 645. The topological polar surface area (TPSA) is 38.9 Å². The second kappa shape index (κ2) is 4.53. The molecule has 0 atom stereocenters. The summed E-state index contributed by atoms with van der Waals surface area (Å²) < 4.78 is 75.6. The van der Waals surface area contributed by atoms with Crippen LogP contribution < -0.4 is 5.73 Å². The van der Waals surface area contributed by atoms with Gasteiger partial charge < -0.3 is 5.73 Å². The van der Waals surface area contributed by atoms with E-state index in [0.29, 0.717) is 6.07 Å². The van der Waals surface area contributed by atoms with E-state index in [9.17, 15) is 26.3 Å². The second-order valence-electron chi connectivity index (χ2n) is 4.23. The Morgan fingerprint density at radius 3 is 2.20 bits per heavy atom. The van der Waals surface area contributed by atoms with E-state index in [1.165, 1.54) is 12.1 Å². The van der Waals surface area contributed by atoms with Gasteiger partial charge in [-0.1, -0.05) is 0 Å². The molecule has 0 amide bonds. The summed E-state index contributed by atoms with van der Waals surface area (Å²) >= 11 is 0. The molecule has 2 rings (SSSR count). The van der Waals surface area contributed by atoms with Crippen LogP contribution in [0, 0.1) is 0 Å². The molecule has 108 valence electrons. The molecule has 0 radical (unpaired) electrons. The van der Waals surface area contributed by atoms with E-state index in [-0.39, 0.29) is 16.6 Å². The molecule has 0 unspecified atom stereocenters. The summed E-state index contributed by atoms with van der Waals surface area (Å²) in [5, 5.41) is -0.316. The summed E-state index contributed by atoms with van der Waals surface area (Å²) in [6.45, 7) is 0. The lowest BCUT2D eigenvalue weighted by molar-refractivity contribution is -0.137. The van der Waals surface area contributed by atoms with Gasteiger partial charge in [-0.15, -0.1) is 0 Å². The summed E-state index contributed by atoms with van der Waals surface area (Å²) in [5.74, 6) is 0. The van der Waals surface area contributed by atoms with Gasteiger partial charge in [-0.05, 0) is 24.3 Å². The van der Waals surface area contributed by atoms with Crippen LogP contribution >= 0.6 is 0 Å². The number of hydrogen-bond donors (Lipinski definition) is 1. The van der Waals surface area contributed by atoms with Gasteiger partial charge in [0.25, 0.3) is 0 Å². The Kier molecular flexibility index (Phi) is 3.27. The van der Waals surface area contributed by atoms with Gasteiger partial charge in [0.05, 0.1) is 23.2 Å². The molecule has 20 heavy (non-hydrogen) atoms. The van der Waals surface area contributed by atoms with Crippen molar-refractivity contribution >= 4 is 16.6 Å². The number of nitrogen functional groups attached to an aromatic ring is 1. The standard InChI is InChI=1S/C12H8F6N2/c13-11(14,15)5-7-4-9(12(16,17)18)8-3-6(19)1-2-10(8)20-7/h1-4H,5,19H2. The number of halogens is 6. The number of anilines is 1. The monoisotopic (exact) mass is 294 g/mol. The van der Waals surface area contributed by atoms with E-state index in [1.807, 2.05) is 0 Å². The molecular formula is C12H8F6N2. The average molecular weight is 294 g/mol. The third-order valence-corrected chi connectivity index (χ3v) is 2.57. The predicted octanol–water partition coefficient (Wildman–Crippen LogP) is 3.94. The number of nitrogens with zero attached hydrogens (tertiary/aromatic N) is 1. The SMILES string of the molecule is Nc1ccc2nc(CC(F)(F)F)cc(C(F)(F)F)c2c1. The first-order chi connectivity index (χ1) is 9.06. The third-order valence-electron chi connectivity index (χ3n) is 2.57. The molecule has 8 heteroatoms.